The van der Waals surface area contributed by atoms with Crippen LogP contribution in [0, 0.1) is 0 Å². The van der Waals surface area contributed by atoms with Gasteiger partial charge in [-0.3, -0.25) is 19.2 Å². The van der Waals surface area contributed by atoms with Crippen molar-refractivity contribution in [2.24, 2.45) is 0 Å². The second kappa shape index (κ2) is 16.2. The third-order valence-electron chi connectivity index (χ3n) is 6.78. The molecule has 0 spiro atoms. The van der Waals surface area contributed by atoms with Gasteiger partial charge in [0.25, 0.3) is 0 Å². The molecular weight excluding hydrogens is 560 g/mol. The fraction of sp³-hybridized carbons (Fsp3) is 0.333. The van der Waals surface area contributed by atoms with E-state index < -0.39 is 34.7 Å². The summed E-state index contributed by atoms with van der Waals surface area (Å²) in [5.74, 6) is -3.46. The maximum atomic E-state index is 13.8. The average molecular weight is 603 g/mol. The highest BCUT2D eigenvalue weighted by atomic mass is 16.6. The van der Waals surface area contributed by atoms with Crippen molar-refractivity contribution in [3.8, 4) is 0 Å². The van der Waals surface area contributed by atoms with Crippen molar-refractivity contribution >= 4 is 23.9 Å². The van der Waals surface area contributed by atoms with Gasteiger partial charge in [-0.2, -0.15) is 0 Å². The van der Waals surface area contributed by atoms with Crippen LogP contribution in [0.25, 0.3) is 0 Å². The molecule has 8 nitrogen and oxygen atoms in total. The quantitative estimate of drug-likeness (QED) is 0.104. The number of hydrogen-bond acceptors (Lipinski definition) is 8. The first-order chi connectivity index (χ1) is 21.0. The molecule has 0 heterocycles. The first kappa shape index (κ1) is 35.5. The molecule has 0 atom stereocenters. The van der Waals surface area contributed by atoms with Crippen molar-refractivity contribution in [3.05, 3.63) is 119 Å². The van der Waals surface area contributed by atoms with Crippen molar-refractivity contribution in [1.29, 1.82) is 0 Å². The van der Waals surface area contributed by atoms with E-state index in [2.05, 4.69) is 13.2 Å². The Labute approximate surface area is 260 Å². The summed E-state index contributed by atoms with van der Waals surface area (Å²) >= 11 is 0. The summed E-state index contributed by atoms with van der Waals surface area (Å²) < 4.78 is 21.8. The van der Waals surface area contributed by atoms with E-state index in [0.717, 1.165) is 0 Å². The topological polar surface area (TPSA) is 105 Å². The summed E-state index contributed by atoms with van der Waals surface area (Å²) in [4.78, 5) is 55.4. The predicted octanol–water partition coefficient (Wildman–Crippen LogP) is 6.12. The molecule has 2 aromatic carbocycles. The van der Waals surface area contributed by atoms with E-state index in [-0.39, 0.29) is 37.6 Å². The Hall–Kier alpha value is -4.72. The zero-order valence-electron chi connectivity index (χ0n) is 26.4. The molecule has 0 aromatic heterocycles. The van der Waals surface area contributed by atoms with Gasteiger partial charge in [0.05, 0.1) is 26.4 Å². The van der Waals surface area contributed by atoms with E-state index in [1.54, 1.807) is 102 Å². The number of carbonyl (C=O) groups excluding carboxylic acids is 4. The van der Waals surface area contributed by atoms with Gasteiger partial charge in [0.2, 0.25) is 10.8 Å². The molecule has 8 heteroatoms. The van der Waals surface area contributed by atoms with Crippen LogP contribution in [0.4, 0.5) is 0 Å². The third kappa shape index (κ3) is 7.43. The summed E-state index contributed by atoms with van der Waals surface area (Å²) in [5, 5.41) is 0. The molecule has 0 saturated heterocycles. The largest absolute Gasteiger partial charge is 0.465 e. The minimum atomic E-state index is -2.07. The molecule has 0 aliphatic rings. The van der Waals surface area contributed by atoms with Gasteiger partial charge >= 0.3 is 23.9 Å². The highest BCUT2D eigenvalue weighted by molar-refractivity contribution is 6.10. The number of rotatable bonds is 15. The van der Waals surface area contributed by atoms with Gasteiger partial charge in [-0.1, -0.05) is 85.0 Å². The smallest absolute Gasteiger partial charge is 0.332 e. The first-order valence-electron chi connectivity index (χ1n) is 14.5. The fourth-order valence-corrected chi connectivity index (χ4v) is 4.72. The standard InChI is InChI=1S/C36H42O8/c1-9-41-31(37)35(32(38)42-10-2,27-19-15-13-16-20-27)23-29(25(5)6)30(26(7)8)24-36(33(39)43-11-3,34(40)44-12-4)28-21-17-14-18-22-28/h13-24H,5,7,9-12H2,1-4,6,8H3/b29-23-,30-24+. The van der Waals surface area contributed by atoms with E-state index in [1.165, 1.54) is 12.2 Å². The summed E-state index contributed by atoms with van der Waals surface area (Å²) in [6, 6.07) is 16.7. The Bertz CT molecular complexity index is 1270. The maximum Gasteiger partial charge on any atom is 0.332 e. The van der Waals surface area contributed by atoms with E-state index in [4.69, 9.17) is 18.9 Å². The number of allylic oxidation sites excluding steroid dienone is 4. The first-order valence-corrected chi connectivity index (χ1v) is 14.5. The fourth-order valence-electron chi connectivity index (χ4n) is 4.72. The van der Waals surface area contributed by atoms with Crippen LogP contribution in [0.2, 0.25) is 0 Å². The van der Waals surface area contributed by atoms with E-state index >= 15 is 0 Å². The van der Waals surface area contributed by atoms with Crippen molar-refractivity contribution < 1.29 is 38.1 Å². The van der Waals surface area contributed by atoms with Crippen LogP contribution in [0.5, 0.6) is 0 Å². The van der Waals surface area contributed by atoms with Crippen molar-refractivity contribution in [1.82, 2.24) is 0 Å². The molecule has 0 bridgehead atoms. The number of ether oxygens (including phenoxy) is 4. The van der Waals surface area contributed by atoms with Crippen LogP contribution in [0.15, 0.2) is 108 Å². The highest BCUT2D eigenvalue weighted by Gasteiger charge is 2.51. The lowest BCUT2D eigenvalue weighted by Gasteiger charge is -2.31. The van der Waals surface area contributed by atoms with E-state index in [1.807, 2.05) is 0 Å². The zero-order valence-corrected chi connectivity index (χ0v) is 26.4. The molecule has 2 rings (SSSR count). The van der Waals surface area contributed by atoms with Crippen LogP contribution in [-0.4, -0.2) is 50.3 Å². The lowest BCUT2D eigenvalue weighted by molar-refractivity contribution is -0.163. The van der Waals surface area contributed by atoms with Gasteiger partial charge < -0.3 is 18.9 Å². The van der Waals surface area contributed by atoms with Gasteiger partial charge in [-0.15, -0.1) is 0 Å². The highest BCUT2D eigenvalue weighted by Crippen LogP contribution is 2.39. The predicted molar refractivity (Wildman–Crippen MR) is 169 cm³/mol. The molecule has 0 saturated carbocycles. The molecule has 0 amide bonds. The molecule has 0 aliphatic carbocycles. The number of hydrogen-bond donors (Lipinski definition) is 0. The van der Waals surface area contributed by atoms with Crippen molar-refractivity contribution in [2.75, 3.05) is 26.4 Å². The van der Waals surface area contributed by atoms with E-state index in [9.17, 15) is 19.2 Å². The molecule has 0 fully saturated rings. The van der Waals surface area contributed by atoms with Gasteiger partial charge in [-0.25, -0.2) is 0 Å². The van der Waals surface area contributed by atoms with Crippen LogP contribution in [0.1, 0.15) is 52.7 Å². The Kier molecular flexibility index (Phi) is 13.1. The van der Waals surface area contributed by atoms with Crippen LogP contribution in [0.3, 0.4) is 0 Å². The Morgan fingerprint density at radius 1 is 0.545 bits per heavy atom. The second-order valence-electron chi connectivity index (χ2n) is 9.91. The Morgan fingerprint density at radius 2 is 0.795 bits per heavy atom. The Morgan fingerprint density at radius 3 is 1.00 bits per heavy atom. The lowest BCUT2D eigenvalue weighted by atomic mass is 9.73. The van der Waals surface area contributed by atoms with Gasteiger partial charge in [0.15, 0.2) is 0 Å². The second-order valence-corrected chi connectivity index (χ2v) is 9.91. The normalized spacial score (nSPS) is 12.1. The SMILES string of the molecule is C=C(C)C(=C/C(C(=O)OCC)(C(=O)OCC)c1ccccc1)/C(=C/C(C(=O)OCC)(C(=O)OCC)c1ccccc1)C(=C)C. The van der Waals surface area contributed by atoms with Gasteiger partial charge in [-0.05, 0) is 76.0 Å². The number of esters is 4. The summed E-state index contributed by atoms with van der Waals surface area (Å²) in [7, 11) is 0. The number of benzene rings is 2. The lowest BCUT2D eigenvalue weighted by Crippen LogP contribution is -2.46. The van der Waals surface area contributed by atoms with Crippen LogP contribution >= 0.6 is 0 Å². The van der Waals surface area contributed by atoms with Crippen molar-refractivity contribution in [2.45, 2.75) is 52.4 Å². The maximum absolute atomic E-state index is 13.8. The van der Waals surface area contributed by atoms with Gasteiger partial charge in [0, 0.05) is 0 Å². The molecule has 234 valence electrons. The summed E-state index contributed by atoms with van der Waals surface area (Å²) in [6.45, 7) is 18.1. The molecule has 0 N–H and O–H groups in total. The minimum Gasteiger partial charge on any atom is -0.465 e. The monoisotopic (exact) mass is 602 g/mol. The molecule has 44 heavy (non-hydrogen) atoms. The van der Waals surface area contributed by atoms with Crippen LogP contribution in [-0.2, 0) is 49.0 Å². The summed E-state index contributed by atoms with van der Waals surface area (Å²) in [5.41, 5.74) is -2.22. The van der Waals surface area contributed by atoms with E-state index in [0.29, 0.717) is 22.3 Å². The molecule has 0 aliphatic heterocycles. The zero-order chi connectivity index (χ0) is 32.9. The summed E-state index contributed by atoms with van der Waals surface area (Å²) in [6.07, 6.45) is 2.82. The third-order valence-corrected chi connectivity index (χ3v) is 6.78. The molecule has 2 aromatic rings. The van der Waals surface area contributed by atoms with Gasteiger partial charge in [0.1, 0.15) is 0 Å². The average Bonchev–Trinajstić information content (AvgIpc) is 3.00. The van der Waals surface area contributed by atoms with Crippen molar-refractivity contribution in [3.63, 3.8) is 0 Å². The molecular formula is C36H42O8. The Balaban J connectivity index is 3.19. The molecule has 0 unspecified atom stereocenters. The number of carbonyl (C=O) groups is 4. The molecule has 0 radical (unpaired) electrons. The minimum absolute atomic E-state index is 0.00488. The van der Waals surface area contributed by atoms with Crippen LogP contribution < -0.4 is 0 Å².